The summed E-state index contributed by atoms with van der Waals surface area (Å²) in [7, 11) is 15.1. The Hall–Kier alpha value is -5.08. The monoisotopic (exact) mass is 1290 g/mol. The van der Waals surface area contributed by atoms with Gasteiger partial charge in [0.2, 0.25) is 0 Å². The summed E-state index contributed by atoms with van der Waals surface area (Å²) in [5.41, 5.74) is 15.0. The number of hydrazone groups is 4. The van der Waals surface area contributed by atoms with Crippen molar-refractivity contribution in [2.45, 2.75) is 144 Å². The summed E-state index contributed by atoms with van der Waals surface area (Å²) in [6, 6.07) is 17.7. The van der Waals surface area contributed by atoms with E-state index in [1.165, 1.54) is 0 Å². The number of nitrogens with one attached hydrogen (secondary N) is 4. The fraction of sp³-hybridized carbons (Fsp3) is 0.467. The van der Waals surface area contributed by atoms with Gasteiger partial charge in [-0.1, -0.05) is 179 Å². The first-order chi connectivity index (χ1) is 39.1. The Morgan fingerprint density at radius 1 is 0.345 bits per heavy atom. The molecule has 4 aromatic rings. The summed E-state index contributed by atoms with van der Waals surface area (Å²) in [5.74, 6) is 2.42. The van der Waals surface area contributed by atoms with Crippen LogP contribution in [0.5, 0.6) is 23.0 Å². The molecule has 4 N–H and O–H groups in total. The Bertz CT molecular complexity index is 2630. The molecule has 0 unspecified atom stereocenters. The Balaban J connectivity index is 2.01. The Morgan fingerprint density at radius 2 is 0.500 bits per heavy atom. The van der Waals surface area contributed by atoms with E-state index >= 15 is 0 Å². The fourth-order valence-electron chi connectivity index (χ4n) is 7.23. The highest BCUT2D eigenvalue weighted by Crippen LogP contribution is 2.56. The summed E-state index contributed by atoms with van der Waals surface area (Å²) in [4.78, 5) is 15.5. The van der Waals surface area contributed by atoms with E-state index < -0.39 is 0 Å². The molecule has 456 valence electrons. The lowest BCUT2D eigenvalue weighted by molar-refractivity contribution is 0.352. The Labute approximate surface area is 538 Å². The highest BCUT2D eigenvalue weighted by atomic mass is 32.2. The maximum atomic E-state index is 7.05. The fourth-order valence-corrected chi connectivity index (χ4v) is 12.5. The smallest absolute Gasteiger partial charge is 0.147 e. The van der Waals surface area contributed by atoms with Crippen molar-refractivity contribution < 1.29 is 18.9 Å². The quantitative estimate of drug-likeness (QED) is 0.0253. The molecule has 4 aromatic carbocycles. The average molecular weight is 1290 g/mol. The first-order valence-corrected chi connectivity index (χ1v) is 31.9. The first-order valence-electron chi connectivity index (χ1n) is 27.0. The van der Waals surface area contributed by atoms with Crippen LogP contribution >= 0.6 is 95.9 Å². The highest BCUT2D eigenvalue weighted by Gasteiger charge is 2.31. The zero-order chi connectivity index (χ0) is 62.5. The maximum absolute atomic E-state index is 7.05. The van der Waals surface area contributed by atoms with Crippen LogP contribution in [-0.2, 0) is 21.7 Å². The van der Waals surface area contributed by atoms with E-state index in [-0.39, 0.29) is 48.1 Å². The van der Waals surface area contributed by atoms with Gasteiger partial charge in [-0.15, -0.1) is 0 Å². The standard InChI is InChI=1S/C60H84N12O4S8/c1-57(2,3)37-21-41-53(73-29-49(77)65-61-33-69(13)14)42(22-37)82-44-24-39(59(7,8)9)26-46(55(44)75-31-51(79)67-63-35-71(17)18)84-48-28-40(60(10,11)12)27-47(56(48)76-32-52(80)68-64-36-72(19)20)83-45-25-38(58(4,5)6)23-43(81-41)54(45)74-30-50(78)66-62-34-70(15)16/h21-28,33-36H,29-32H2,1-20H3,(H,65,77)(H,66,78)(H,67,79)(H,68,80)/b61-33-,62-34-,63-35+,64-36+. The number of benzene rings is 4. The van der Waals surface area contributed by atoms with Crippen molar-refractivity contribution in [1.29, 1.82) is 0 Å². The molecule has 0 aliphatic carbocycles. The third kappa shape index (κ3) is 21.7. The van der Waals surface area contributed by atoms with E-state index in [1.807, 2.05) is 76.0 Å². The molecule has 0 spiro atoms. The lowest BCUT2D eigenvalue weighted by Gasteiger charge is -2.28. The number of fused-ring (bicyclic) bond motifs is 8. The number of nitrogens with zero attached hydrogens (tertiary/aromatic N) is 8. The second-order valence-electron chi connectivity index (χ2n) is 24.7. The van der Waals surface area contributed by atoms with Crippen LogP contribution in [0.25, 0.3) is 0 Å². The lowest BCUT2D eigenvalue weighted by atomic mass is 9.87. The van der Waals surface area contributed by atoms with Gasteiger partial charge >= 0.3 is 0 Å². The van der Waals surface area contributed by atoms with Gasteiger partial charge in [-0.2, -0.15) is 20.4 Å². The van der Waals surface area contributed by atoms with E-state index in [0.29, 0.717) is 43.0 Å². The zero-order valence-electron chi connectivity index (χ0n) is 52.2. The van der Waals surface area contributed by atoms with Crippen LogP contribution in [0.2, 0.25) is 0 Å². The summed E-state index contributed by atoms with van der Waals surface area (Å²) in [6.07, 6.45) is 6.59. The molecule has 0 radical (unpaired) electrons. The molecule has 84 heavy (non-hydrogen) atoms. The van der Waals surface area contributed by atoms with Crippen molar-refractivity contribution in [2.75, 3.05) is 82.8 Å². The summed E-state index contributed by atoms with van der Waals surface area (Å²) in [6.45, 7) is 26.6. The molecule has 16 nitrogen and oxygen atoms in total. The molecule has 1 heterocycles. The second-order valence-corrected chi connectivity index (χ2v) is 31.0. The number of rotatable bonds is 20. The largest absolute Gasteiger partial charge is 0.484 e. The van der Waals surface area contributed by atoms with Crippen molar-refractivity contribution in [2.24, 2.45) is 20.4 Å². The molecule has 0 fully saturated rings. The zero-order valence-corrected chi connectivity index (χ0v) is 58.8. The molecule has 8 bridgehead atoms. The second kappa shape index (κ2) is 30.5. The van der Waals surface area contributed by atoms with Crippen LogP contribution in [0.4, 0.5) is 0 Å². The molecule has 1 aliphatic heterocycles. The van der Waals surface area contributed by atoms with Crippen LogP contribution in [0.1, 0.15) is 105 Å². The van der Waals surface area contributed by atoms with Gasteiger partial charge < -0.3 is 38.5 Å². The number of ether oxygens (including phenoxy) is 4. The predicted octanol–water partition coefficient (Wildman–Crippen LogP) is 13.0. The van der Waals surface area contributed by atoms with Gasteiger partial charge in [-0.05, 0) is 92.4 Å². The van der Waals surface area contributed by atoms with Crippen LogP contribution < -0.4 is 40.7 Å². The maximum Gasteiger partial charge on any atom is 0.147 e. The Kier molecular flexibility index (Phi) is 25.3. The van der Waals surface area contributed by atoms with Gasteiger partial charge in [-0.3, -0.25) is 21.7 Å². The average Bonchev–Trinajstić information content (AvgIpc) is 1.66. The van der Waals surface area contributed by atoms with Crippen LogP contribution in [0, 0.1) is 0 Å². The molecule has 24 heteroatoms. The third-order valence-electron chi connectivity index (χ3n) is 11.7. The highest BCUT2D eigenvalue weighted by molar-refractivity contribution is 8.01. The van der Waals surface area contributed by atoms with Gasteiger partial charge in [0.25, 0.3) is 0 Å². The number of hydrogen-bond acceptors (Lipinski definition) is 16. The predicted molar refractivity (Wildman–Crippen MR) is 371 cm³/mol. The van der Waals surface area contributed by atoms with Gasteiger partial charge in [0.15, 0.2) is 0 Å². The molecule has 1 aliphatic rings. The number of thiocarbonyl (C=S) groups is 4. The van der Waals surface area contributed by atoms with E-state index in [2.05, 4.69) is 174 Å². The number of hydrogen-bond donors (Lipinski definition) is 4. The van der Waals surface area contributed by atoms with Crippen molar-refractivity contribution >= 4 is 141 Å². The van der Waals surface area contributed by atoms with Crippen LogP contribution in [0.3, 0.4) is 0 Å². The summed E-state index contributed by atoms with van der Waals surface area (Å²) < 4.78 is 28.2. The Morgan fingerprint density at radius 3 is 0.631 bits per heavy atom. The molecular formula is C60H84N12O4S8. The van der Waals surface area contributed by atoms with Gasteiger partial charge in [0.05, 0.1) is 39.2 Å². The summed E-state index contributed by atoms with van der Waals surface area (Å²) >= 11 is 29.8. The van der Waals surface area contributed by atoms with E-state index in [1.54, 1.807) is 72.4 Å². The van der Waals surface area contributed by atoms with Crippen molar-refractivity contribution in [3.63, 3.8) is 0 Å². The molecule has 0 saturated heterocycles. The van der Waals surface area contributed by atoms with E-state index in [0.717, 1.165) is 61.4 Å². The molecule has 0 atom stereocenters. The van der Waals surface area contributed by atoms with Gasteiger partial charge in [0.1, 0.15) is 94.7 Å². The third-order valence-corrected chi connectivity index (χ3v) is 16.8. The first kappa shape index (κ1) is 69.7. The minimum atomic E-state index is -0.320. The van der Waals surface area contributed by atoms with Gasteiger partial charge in [0, 0.05) is 56.4 Å². The molecular weight excluding hydrogens is 1210 g/mol. The van der Waals surface area contributed by atoms with Crippen LogP contribution in [0.15, 0.2) is 108 Å². The minimum absolute atomic E-state index is 0.0182. The molecule has 5 rings (SSSR count). The normalized spacial score (nSPS) is 13.0. The van der Waals surface area contributed by atoms with Crippen molar-refractivity contribution in [1.82, 2.24) is 41.3 Å². The van der Waals surface area contributed by atoms with E-state index in [4.69, 9.17) is 67.8 Å². The van der Waals surface area contributed by atoms with Crippen molar-refractivity contribution in [3.05, 3.63) is 70.8 Å². The molecule has 0 amide bonds. The SMILES string of the molecule is CN(C)/C=N\NC(=S)COc1c2cc(C(C)(C)C)cc1Sc1cc(C(C)(C)C)cc(c1OCC(=S)N/N=C/N(C)C)Sc1cc(C(C)(C)C)cc(c1OCC(=S)N/N=C/N(C)C)Sc1cc(C(C)(C)C)cc(c1OCC(=S)N/N=C\N(C)C)S2. The topological polar surface area (TPSA) is 147 Å². The summed E-state index contributed by atoms with van der Waals surface area (Å²) in [5, 5.41) is 17.4. The van der Waals surface area contributed by atoms with Gasteiger partial charge in [-0.25, -0.2) is 0 Å². The molecule has 0 aromatic heterocycles. The molecule has 0 saturated carbocycles. The van der Waals surface area contributed by atoms with Crippen molar-refractivity contribution in [3.8, 4) is 23.0 Å². The lowest BCUT2D eigenvalue weighted by Crippen LogP contribution is -2.25. The minimum Gasteiger partial charge on any atom is -0.484 e. The van der Waals surface area contributed by atoms with E-state index in [9.17, 15) is 0 Å². The van der Waals surface area contributed by atoms with Crippen LogP contribution in [-0.4, -0.2) is 148 Å².